The molecule has 0 spiro atoms. The Hall–Kier alpha value is -1.68. The Morgan fingerprint density at radius 2 is 2.05 bits per heavy atom. The van der Waals surface area contributed by atoms with E-state index in [1.165, 1.54) is 25.7 Å². The molecule has 2 aromatic rings. The van der Waals surface area contributed by atoms with Gasteiger partial charge in [-0.1, -0.05) is 38.0 Å². The molecule has 1 aliphatic carbocycles. The lowest BCUT2D eigenvalue weighted by Gasteiger charge is -2.32. The Kier molecular flexibility index (Phi) is 4.34. The molecule has 3 atom stereocenters. The molecule has 112 valence electrons. The lowest BCUT2D eigenvalue weighted by Crippen LogP contribution is -2.29. The van der Waals surface area contributed by atoms with E-state index in [0.29, 0.717) is 12.0 Å². The third-order valence-electron chi connectivity index (χ3n) is 4.57. The summed E-state index contributed by atoms with van der Waals surface area (Å²) in [5.41, 5.74) is 2.07. The number of nitrogens with zero attached hydrogens (tertiary/aromatic N) is 3. The maximum absolute atomic E-state index is 4.69. The highest BCUT2D eigenvalue weighted by atomic mass is 15.5. The van der Waals surface area contributed by atoms with Gasteiger partial charge in [0.15, 0.2) is 0 Å². The van der Waals surface area contributed by atoms with Gasteiger partial charge in [-0.25, -0.2) is 0 Å². The molecule has 1 fully saturated rings. The van der Waals surface area contributed by atoms with Gasteiger partial charge in [-0.3, -0.25) is 0 Å². The minimum absolute atomic E-state index is 0.310. The second kappa shape index (κ2) is 6.39. The molecule has 1 heterocycles. The summed E-state index contributed by atoms with van der Waals surface area (Å²) >= 11 is 0. The number of hydrogen-bond acceptors (Lipinski definition) is 3. The van der Waals surface area contributed by atoms with E-state index in [-0.39, 0.29) is 0 Å². The van der Waals surface area contributed by atoms with Gasteiger partial charge in [-0.15, -0.1) is 0 Å². The first kappa shape index (κ1) is 14.3. The van der Waals surface area contributed by atoms with E-state index in [1.807, 2.05) is 43.6 Å². The molecule has 3 rings (SSSR count). The summed E-state index contributed by atoms with van der Waals surface area (Å²) in [6.45, 7) is 2.36. The van der Waals surface area contributed by atoms with Gasteiger partial charge < -0.3 is 5.32 Å². The summed E-state index contributed by atoms with van der Waals surface area (Å²) in [5, 5.41) is 12.6. The fourth-order valence-corrected chi connectivity index (χ4v) is 3.51. The third kappa shape index (κ3) is 3.16. The molecule has 0 amide bonds. The molecule has 1 aromatic carbocycles. The zero-order valence-corrected chi connectivity index (χ0v) is 12.9. The summed E-state index contributed by atoms with van der Waals surface area (Å²) in [7, 11) is 2.03. The first-order valence-electron chi connectivity index (χ1n) is 7.93. The smallest absolute Gasteiger partial charge is 0.100 e. The second-order valence-electron chi connectivity index (χ2n) is 6.19. The Balaban J connectivity index is 1.80. The molecule has 0 saturated heterocycles. The van der Waals surface area contributed by atoms with Gasteiger partial charge in [0.2, 0.25) is 0 Å². The Labute approximate surface area is 126 Å². The van der Waals surface area contributed by atoms with E-state index < -0.39 is 0 Å². The van der Waals surface area contributed by atoms with Crippen LogP contribution in [0.15, 0.2) is 36.5 Å². The molecule has 1 saturated carbocycles. The number of nitrogens with one attached hydrogen (secondary N) is 1. The largest absolute Gasteiger partial charge is 0.311 e. The van der Waals surface area contributed by atoms with Crippen molar-refractivity contribution in [1.29, 1.82) is 0 Å². The van der Waals surface area contributed by atoms with Crippen molar-refractivity contribution in [3.05, 3.63) is 42.2 Å². The standard InChI is InChI=1S/C17H24N4/c1-13-7-6-8-14(11-13)17(18-2)16-12-19-21(20-16)15-9-4-3-5-10-15/h3-5,9-10,12-14,17-18H,6-8,11H2,1-2H3. The van der Waals surface area contributed by atoms with Gasteiger partial charge in [0, 0.05) is 0 Å². The number of hydrogen-bond donors (Lipinski definition) is 1. The quantitative estimate of drug-likeness (QED) is 0.936. The van der Waals surface area contributed by atoms with E-state index in [2.05, 4.69) is 17.3 Å². The molecule has 4 nitrogen and oxygen atoms in total. The number of benzene rings is 1. The van der Waals surface area contributed by atoms with Crippen LogP contribution in [0.4, 0.5) is 0 Å². The zero-order valence-electron chi connectivity index (χ0n) is 12.9. The van der Waals surface area contributed by atoms with E-state index in [9.17, 15) is 0 Å². The molecule has 1 N–H and O–H groups in total. The van der Waals surface area contributed by atoms with Gasteiger partial charge in [0.05, 0.1) is 17.9 Å². The van der Waals surface area contributed by atoms with Gasteiger partial charge in [0.25, 0.3) is 0 Å². The van der Waals surface area contributed by atoms with E-state index in [1.54, 1.807) is 4.80 Å². The molecule has 4 heteroatoms. The van der Waals surface area contributed by atoms with Crippen molar-refractivity contribution in [3.63, 3.8) is 0 Å². The maximum atomic E-state index is 4.69. The lowest BCUT2D eigenvalue weighted by molar-refractivity contribution is 0.227. The highest BCUT2D eigenvalue weighted by Gasteiger charge is 2.28. The van der Waals surface area contributed by atoms with Crippen molar-refractivity contribution in [1.82, 2.24) is 20.3 Å². The molecule has 0 bridgehead atoms. The Bertz CT molecular complexity index is 563. The van der Waals surface area contributed by atoms with Crippen LogP contribution >= 0.6 is 0 Å². The van der Waals surface area contributed by atoms with Crippen LogP contribution < -0.4 is 5.32 Å². The number of para-hydroxylation sites is 1. The fourth-order valence-electron chi connectivity index (χ4n) is 3.51. The number of aromatic nitrogens is 3. The van der Waals surface area contributed by atoms with Gasteiger partial charge >= 0.3 is 0 Å². The average molecular weight is 284 g/mol. The summed E-state index contributed by atoms with van der Waals surface area (Å²) in [5.74, 6) is 1.49. The van der Waals surface area contributed by atoms with E-state index >= 15 is 0 Å². The van der Waals surface area contributed by atoms with Crippen LogP contribution in [0.5, 0.6) is 0 Å². The molecular formula is C17H24N4. The van der Waals surface area contributed by atoms with Crippen molar-refractivity contribution in [2.75, 3.05) is 7.05 Å². The predicted octanol–water partition coefficient (Wildman–Crippen LogP) is 3.35. The van der Waals surface area contributed by atoms with Crippen LogP contribution in [-0.4, -0.2) is 22.0 Å². The van der Waals surface area contributed by atoms with Crippen LogP contribution in [0.1, 0.15) is 44.3 Å². The van der Waals surface area contributed by atoms with Gasteiger partial charge in [0.1, 0.15) is 5.69 Å². The van der Waals surface area contributed by atoms with E-state index in [4.69, 9.17) is 5.10 Å². The van der Waals surface area contributed by atoms with Gasteiger partial charge in [-0.05, 0) is 43.9 Å². The molecule has 0 radical (unpaired) electrons. The topological polar surface area (TPSA) is 42.7 Å². The summed E-state index contributed by atoms with van der Waals surface area (Å²) in [6, 6.07) is 10.4. The van der Waals surface area contributed by atoms with Crippen molar-refractivity contribution < 1.29 is 0 Å². The van der Waals surface area contributed by atoms with Crippen LogP contribution in [0, 0.1) is 11.8 Å². The molecule has 21 heavy (non-hydrogen) atoms. The van der Waals surface area contributed by atoms with Crippen molar-refractivity contribution in [2.45, 2.75) is 38.6 Å². The third-order valence-corrected chi connectivity index (χ3v) is 4.57. The van der Waals surface area contributed by atoms with Crippen molar-refractivity contribution in [2.24, 2.45) is 11.8 Å². The monoisotopic (exact) mass is 284 g/mol. The second-order valence-corrected chi connectivity index (χ2v) is 6.19. The van der Waals surface area contributed by atoms with Crippen LogP contribution in [0.2, 0.25) is 0 Å². The normalized spacial score (nSPS) is 23.9. The molecule has 3 unspecified atom stereocenters. The molecular weight excluding hydrogens is 260 g/mol. The summed E-state index contributed by atoms with van der Waals surface area (Å²) < 4.78 is 0. The molecule has 1 aliphatic rings. The fraction of sp³-hybridized carbons (Fsp3) is 0.529. The molecule has 1 aromatic heterocycles. The van der Waals surface area contributed by atoms with Crippen LogP contribution in [0.25, 0.3) is 5.69 Å². The van der Waals surface area contributed by atoms with E-state index in [0.717, 1.165) is 17.3 Å². The highest BCUT2D eigenvalue weighted by molar-refractivity contribution is 5.28. The molecule has 0 aliphatic heterocycles. The number of rotatable bonds is 4. The van der Waals surface area contributed by atoms with Crippen LogP contribution in [0.3, 0.4) is 0 Å². The minimum atomic E-state index is 0.310. The predicted molar refractivity (Wildman–Crippen MR) is 84.3 cm³/mol. The van der Waals surface area contributed by atoms with Gasteiger partial charge in [-0.2, -0.15) is 15.0 Å². The minimum Gasteiger partial charge on any atom is -0.311 e. The zero-order chi connectivity index (χ0) is 14.7. The summed E-state index contributed by atoms with van der Waals surface area (Å²) in [6.07, 6.45) is 7.17. The maximum Gasteiger partial charge on any atom is 0.100 e. The first-order chi connectivity index (χ1) is 10.3. The lowest BCUT2D eigenvalue weighted by atomic mass is 9.78. The van der Waals surface area contributed by atoms with Crippen LogP contribution in [-0.2, 0) is 0 Å². The summed E-state index contributed by atoms with van der Waals surface area (Å²) in [4.78, 5) is 1.73. The van der Waals surface area contributed by atoms with Crippen molar-refractivity contribution >= 4 is 0 Å². The highest BCUT2D eigenvalue weighted by Crippen LogP contribution is 2.36. The Morgan fingerprint density at radius 3 is 2.76 bits per heavy atom. The SMILES string of the molecule is CNC(c1cnn(-c2ccccc2)n1)C1CCCC(C)C1. The first-order valence-corrected chi connectivity index (χ1v) is 7.93. The average Bonchev–Trinajstić information content (AvgIpc) is 2.99. The Morgan fingerprint density at radius 1 is 1.24 bits per heavy atom. The van der Waals surface area contributed by atoms with Crippen molar-refractivity contribution in [3.8, 4) is 5.69 Å².